The molecule has 1 aliphatic carbocycles. The Morgan fingerprint density at radius 3 is 2.55 bits per heavy atom. The van der Waals surface area contributed by atoms with Crippen LogP contribution in [0.15, 0.2) is 12.3 Å². The fourth-order valence-electron chi connectivity index (χ4n) is 2.32. The first-order chi connectivity index (χ1) is 9.29. The molecule has 2 atom stereocenters. The lowest BCUT2D eigenvalue weighted by molar-refractivity contribution is 0.0588. The van der Waals surface area contributed by atoms with Crippen LogP contribution in [0, 0.1) is 5.92 Å². The Kier molecular flexibility index (Phi) is 4.38. The molecule has 20 heavy (non-hydrogen) atoms. The Bertz CT molecular complexity index is 548. The lowest BCUT2D eigenvalue weighted by Crippen LogP contribution is -2.18. The fourth-order valence-corrected chi connectivity index (χ4v) is 2.65. The topological polar surface area (TPSA) is 48.3 Å². The maximum absolute atomic E-state index is 12.0. The van der Waals surface area contributed by atoms with E-state index in [0.29, 0.717) is 11.6 Å². The van der Waals surface area contributed by atoms with Crippen LogP contribution >= 0.6 is 34.8 Å². The SMILES string of the molecule is CCC1CC1n1cc(C(=O)C(Cl)(Cl)Cl)cc1C(=O)OC. The third-order valence-corrected chi connectivity index (χ3v) is 4.04. The zero-order chi connectivity index (χ0) is 15.1. The van der Waals surface area contributed by atoms with E-state index >= 15 is 0 Å². The van der Waals surface area contributed by atoms with Crippen molar-refractivity contribution < 1.29 is 14.3 Å². The number of ketones is 1. The highest BCUT2D eigenvalue weighted by Gasteiger charge is 2.40. The van der Waals surface area contributed by atoms with Gasteiger partial charge < -0.3 is 9.30 Å². The molecule has 1 heterocycles. The zero-order valence-electron chi connectivity index (χ0n) is 11.0. The van der Waals surface area contributed by atoms with Crippen molar-refractivity contribution in [3.63, 3.8) is 0 Å². The molecule has 0 aliphatic heterocycles. The van der Waals surface area contributed by atoms with E-state index in [1.54, 1.807) is 10.8 Å². The molecule has 0 spiro atoms. The molecule has 7 heteroatoms. The van der Waals surface area contributed by atoms with E-state index < -0.39 is 15.5 Å². The lowest BCUT2D eigenvalue weighted by Gasteiger charge is -2.07. The van der Waals surface area contributed by atoms with Gasteiger partial charge in [-0.25, -0.2) is 4.79 Å². The van der Waals surface area contributed by atoms with E-state index in [0.717, 1.165) is 12.8 Å². The van der Waals surface area contributed by atoms with Gasteiger partial charge in [-0.1, -0.05) is 48.1 Å². The van der Waals surface area contributed by atoms with E-state index in [1.807, 2.05) is 0 Å². The summed E-state index contributed by atoms with van der Waals surface area (Å²) in [6.07, 6.45) is 3.55. The van der Waals surface area contributed by atoms with Gasteiger partial charge in [-0.15, -0.1) is 0 Å². The van der Waals surface area contributed by atoms with Crippen LogP contribution < -0.4 is 0 Å². The van der Waals surface area contributed by atoms with E-state index in [2.05, 4.69) is 6.92 Å². The summed E-state index contributed by atoms with van der Waals surface area (Å²) in [5, 5.41) is 0. The van der Waals surface area contributed by atoms with E-state index in [9.17, 15) is 9.59 Å². The Hall–Kier alpha value is -0.710. The van der Waals surface area contributed by atoms with Gasteiger partial charge >= 0.3 is 5.97 Å². The molecule has 4 nitrogen and oxygen atoms in total. The molecule has 0 N–H and O–H groups in total. The number of halogens is 3. The number of alkyl halides is 3. The molecule has 1 aromatic heterocycles. The Balaban J connectivity index is 2.38. The van der Waals surface area contributed by atoms with Crippen molar-refractivity contribution in [1.82, 2.24) is 4.57 Å². The van der Waals surface area contributed by atoms with Crippen LogP contribution in [-0.2, 0) is 4.74 Å². The Labute approximate surface area is 131 Å². The summed E-state index contributed by atoms with van der Waals surface area (Å²) < 4.78 is 4.45. The van der Waals surface area contributed by atoms with Gasteiger partial charge in [-0.05, 0) is 18.4 Å². The number of carbonyl (C=O) groups excluding carboxylic acids is 2. The molecule has 2 rings (SSSR count). The molecule has 0 aromatic carbocycles. The average molecular weight is 339 g/mol. The first-order valence-electron chi connectivity index (χ1n) is 6.21. The van der Waals surface area contributed by atoms with Gasteiger partial charge in [-0.3, -0.25) is 4.79 Å². The number of nitrogens with zero attached hydrogens (tertiary/aromatic N) is 1. The van der Waals surface area contributed by atoms with Crippen LogP contribution in [0.3, 0.4) is 0 Å². The largest absolute Gasteiger partial charge is 0.464 e. The maximum Gasteiger partial charge on any atom is 0.354 e. The summed E-state index contributed by atoms with van der Waals surface area (Å²) in [7, 11) is 1.29. The van der Waals surface area contributed by atoms with Crippen molar-refractivity contribution in [2.45, 2.75) is 29.6 Å². The second-order valence-electron chi connectivity index (χ2n) is 4.81. The highest BCUT2D eigenvalue weighted by Crippen LogP contribution is 2.47. The van der Waals surface area contributed by atoms with Crippen LogP contribution in [0.2, 0.25) is 0 Å². The molecule has 1 fully saturated rings. The van der Waals surface area contributed by atoms with Crippen LogP contribution in [0.5, 0.6) is 0 Å². The third-order valence-electron chi connectivity index (χ3n) is 3.53. The highest BCUT2D eigenvalue weighted by atomic mass is 35.6. The molecule has 0 amide bonds. The minimum atomic E-state index is -2.03. The number of Topliss-reactive ketones (excluding diaryl/α,β-unsaturated/α-hetero) is 1. The number of hydrogen-bond acceptors (Lipinski definition) is 3. The van der Waals surface area contributed by atoms with Crippen LogP contribution in [-0.4, -0.2) is 27.2 Å². The van der Waals surface area contributed by atoms with Gasteiger partial charge in [0.1, 0.15) is 5.69 Å². The first-order valence-corrected chi connectivity index (χ1v) is 7.34. The predicted molar refractivity (Wildman–Crippen MR) is 77.8 cm³/mol. The number of esters is 1. The van der Waals surface area contributed by atoms with Crippen molar-refractivity contribution >= 4 is 46.6 Å². The van der Waals surface area contributed by atoms with Crippen LogP contribution in [0.1, 0.15) is 46.7 Å². The Morgan fingerprint density at radius 1 is 1.45 bits per heavy atom. The zero-order valence-corrected chi connectivity index (χ0v) is 13.3. The van der Waals surface area contributed by atoms with Crippen molar-refractivity contribution in [3.8, 4) is 0 Å². The molecule has 0 radical (unpaired) electrons. The normalized spacial score (nSPS) is 21.6. The summed E-state index contributed by atoms with van der Waals surface area (Å²) in [5.74, 6) is -0.656. The predicted octanol–water partition coefficient (Wildman–Crippen LogP) is 3.80. The van der Waals surface area contributed by atoms with Gasteiger partial charge in [0.15, 0.2) is 0 Å². The summed E-state index contributed by atoms with van der Waals surface area (Å²) >= 11 is 16.8. The van der Waals surface area contributed by atoms with E-state index in [-0.39, 0.29) is 11.6 Å². The second-order valence-corrected chi connectivity index (χ2v) is 7.09. The molecule has 110 valence electrons. The number of aromatic nitrogens is 1. The van der Waals surface area contributed by atoms with Crippen LogP contribution in [0.4, 0.5) is 0 Å². The minimum Gasteiger partial charge on any atom is -0.464 e. The molecule has 1 aromatic rings. The van der Waals surface area contributed by atoms with Crippen molar-refractivity contribution in [2.75, 3.05) is 7.11 Å². The molecule has 0 bridgehead atoms. The molecule has 2 unspecified atom stereocenters. The minimum absolute atomic E-state index is 0.200. The number of rotatable bonds is 4. The van der Waals surface area contributed by atoms with Gasteiger partial charge in [-0.2, -0.15) is 0 Å². The smallest absolute Gasteiger partial charge is 0.354 e. The fraction of sp³-hybridized carbons (Fsp3) is 0.538. The molecule has 0 saturated heterocycles. The number of hydrogen-bond donors (Lipinski definition) is 0. The van der Waals surface area contributed by atoms with Crippen molar-refractivity contribution in [2.24, 2.45) is 5.92 Å². The number of carbonyl (C=O) groups is 2. The Morgan fingerprint density at radius 2 is 2.10 bits per heavy atom. The number of methoxy groups -OCH3 is 1. The van der Waals surface area contributed by atoms with Gasteiger partial charge in [0.2, 0.25) is 5.78 Å². The highest BCUT2D eigenvalue weighted by molar-refractivity contribution is 6.77. The maximum atomic E-state index is 12.0. The molecule has 1 aliphatic rings. The standard InChI is InChI=1S/C13H14Cl3NO3/c1-3-7-4-9(7)17-6-8(11(18)13(14,15)16)5-10(17)12(19)20-2/h5-7,9H,3-4H2,1-2H3. The van der Waals surface area contributed by atoms with Gasteiger partial charge in [0.05, 0.1) is 7.11 Å². The van der Waals surface area contributed by atoms with Gasteiger partial charge in [0.25, 0.3) is 3.79 Å². The summed E-state index contributed by atoms with van der Waals surface area (Å²) in [4.78, 5) is 23.8. The average Bonchev–Trinajstić information content (AvgIpc) is 3.05. The summed E-state index contributed by atoms with van der Waals surface area (Å²) in [5.41, 5.74) is 0.512. The van der Waals surface area contributed by atoms with Crippen molar-refractivity contribution in [3.05, 3.63) is 23.5 Å². The first kappa shape index (κ1) is 15.7. The summed E-state index contributed by atoms with van der Waals surface area (Å²) in [6.45, 7) is 2.08. The van der Waals surface area contributed by atoms with Crippen molar-refractivity contribution in [1.29, 1.82) is 0 Å². The van der Waals surface area contributed by atoms with Crippen LogP contribution in [0.25, 0.3) is 0 Å². The summed E-state index contributed by atoms with van der Waals surface area (Å²) in [6, 6.07) is 1.62. The lowest BCUT2D eigenvalue weighted by atomic mass is 10.2. The van der Waals surface area contributed by atoms with E-state index in [4.69, 9.17) is 39.5 Å². The molecular weight excluding hydrogens is 325 g/mol. The van der Waals surface area contributed by atoms with Gasteiger partial charge in [0, 0.05) is 17.8 Å². The number of ether oxygens (including phenoxy) is 1. The monoisotopic (exact) mass is 337 g/mol. The quantitative estimate of drug-likeness (QED) is 0.476. The molecule has 1 saturated carbocycles. The third kappa shape index (κ3) is 2.97. The van der Waals surface area contributed by atoms with E-state index in [1.165, 1.54) is 13.2 Å². The second kappa shape index (κ2) is 5.58. The molecular formula is C13H14Cl3NO3.